The standard InChI is InChI=1S/C22H19NO/c1-15-8-10-18-19(12-15)20-13-16(2)9-11-21(20)23(22(18)24)14-17-6-4-3-5-7-17/h3-13H,14H2,1-2H3. The molecule has 0 saturated heterocycles. The first-order valence-electron chi connectivity index (χ1n) is 8.21. The second kappa shape index (κ2) is 5.64. The van der Waals surface area contributed by atoms with E-state index in [0.29, 0.717) is 6.54 Å². The van der Waals surface area contributed by atoms with Crippen molar-refractivity contribution >= 4 is 21.7 Å². The second-order valence-corrected chi connectivity index (χ2v) is 6.45. The summed E-state index contributed by atoms with van der Waals surface area (Å²) in [4.78, 5) is 13.1. The highest BCUT2D eigenvalue weighted by Crippen LogP contribution is 2.25. The lowest BCUT2D eigenvalue weighted by molar-refractivity contribution is 0.802. The Morgan fingerprint density at radius 3 is 2.17 bits per heavy atom. The third-order valence-electron chi connectivity index (χ3n) is 4.57. The van der Waals surface area contributed by atoms with Crippen LogP contribution in [0.25, 0.3) is 21.7 Å². The van der Waals surface area contributed by atoms with Gasteiger partial charge in [0.1, 0.15) is 0 Å². The van der Waals surface area contributed by atoms with Crippen LogP contribution in [0.1, 0.15) is 16.7 Å². The quantitative estimate of drug-likeness (QED) is 0.486. The van der Waals surface area contributed by atoms with Crippen molar-refractivity contribution in [3.8, 4) is 0 Å². The maximum absolute atomic E-state index is 13.1. The Hall–Kier alpha value is -2.87. The lowest BCUT2D eigenvalue weighted by Crippen LogP contribution is -2.21. The van der Waals surface area contributed by atoms with E-state index in [-0.39, 0.29) is 5.56 Å². The minimum Gasteiger partial charge on any atom is -0.303 e. The molecule has 0 fully saturated rings. The smallest absolute Gasteiger partial charge is 0.259 e. The lowest BCUT2D eigenvalue weighted by atomic mass is 10.0. The van der Waals surface area contributed by atoms with E-state index in [1.807, 2.05) is 34.9 Å². The van der Waals surface area contributed by atoms with Gasteiger partial charge in [0, 0.05) is 10.8 Å². The van der Waals surface area contributed by atoms with Crippen LogP contribution in [0.5, 0.6) is 0 Å². The van der Waals surface area contributed by atoms with Crippen LogP contribution in [0, 0.1) is 13.8 Å². The van der Waals surface area contributed by atoms with Gasteiger partial charge in [-0.05, 0) is 43.0 Å². The summed E-state index contributed by atoms with van der Waals surface area (Å²) in [6, 6.07) is 22.5. The highest BCUT2D eigenvalue weighted by Gasteiger charge is 2.11. The molecule has 1 aromatic heterocycles. The van der Waals surface area contributed by atoms with Crippen LogP contribution in [-0.2, 0) is 6.54 Å². The number of hydrogen-bond acceptors (Lipinski definition) is 1. The van der Waals surface area contributed by atoms with Crippen molar-refractivity contribution in [2.24, 2.45) is 0 Å². The molecule has 2 heteroatoms. The molecule has 3 aromatic carbocycles. The number of fused-ring (bicyclic) bond motifs is 3. The Labute approximate surface area is 141 Å². The number of benzene rings is 3. The minimum atomic E-state index is 0.0743. The topological polar surface area (TPSA) is 22.0 Å². The molecule has 118 valence electrons. The van der Waals surface area contributed by atoms with E-state index in [1.165, 1.54) is 11.1 Å². The van der Waals surface area contributed by atoms with E-state index >= 15 is 0 Å². The number of rotatable bonds is 2. The van der Waals surface area contributed by atoms with Crippen LogP contribution in [0.4, 0.5) is 0 Å². The fourth-order valence-corrected chi connectivity index (χ4v) is 3.35. The molecule has 24 heavy (non-hydrogen) atoms. The van der Waals surface area contributed by atoms with E-state index in [9.17, 15) is 4.79 Å². The molecule has 0 atom stereocenters. The predicted octanol–water partition coefficient (Wildman–Crippen LogP) is 4.82. The summed E-state index contributed by atoms with van der Waals surface area (Å²) >= 11 is 0. The van der Waals surface area contributed by atoms with Crippen molar-refractivity contribution in [3.63, 3.8) is 0 Å². The van der Waals surface area contributed by atoms with Gasteiger partial charge in [-0.1, -0.05) is 59.7 Å². The first-order chi connectivity index (χ1) is 11.6. The zero-order valence-corrected chi connectivity index (χ0v) is 13.9. The Bertz CT molecular complexity index is 1110. The molecule has 4 rings (SSSR count). The second-order valence-electron chi connectivity index (χ2n) is 6.45. The minimum absolute atomic E-state index is 0.0743. The van der Waals surface area contributed by atoms with Gasteiger partial charge in [-0.2, -0.15) is 0 Å². The van der Waals surface area contributed by atoms with Crippen LogP contribution in [0.15, 0.2) is 71.5 Å². The first-order valence-corrected chi connectivity index (χ1v) is 8.21. The molecule has 0 aliphatic rings. The molecule has 0 aliphatic heterocycles. The van der Waals surface area contributed by atoms with Gasteiger partial charge in [-0.25, -0.2) is 0 Å². The summed E-state index contributed by atoms with van der Waals surface area (Å²) in [6.45, 7) is 4.74. The molecule has 0 aliphatic carbocycles. The van der Waals surface area contributed by atoms with E-state index in [2.05, 4.69) is 50.2 Å². The Kier molecular flexibility index (Phi) is 3.46. The average Bonchev–Trinajstić information content (AvgIpc) is 2.59. The molecule has 0 spiro atoms. The SMILES string of the molecule is Cc1ccc2c(=O)n(Cc3ccccc3)c3ccc(C)cc3c2c1. The van der Waals surface area contributed by atoms with Gasteiger partial charge in [-0.15, -0.1) is 0 Å². The number of pyridine rings is 1. The molecule has 0 N–H and O–H groups in total. The average molecular weight is 313 g/mol. The summed E-state index contributed by atoms with van der Waals surface area (Å²) in [5, 5.41) is 2.97. The summed E-state index contributed by atoms with van der Waals surface area (Å²) in [6.07, 6.45) is 0. The van der Waals surface area contributed by atoms with E-state index < -0.39 is 0 Å². The molecule has 0 saturated carbocycles. The van der Waals surface area contributed by atoms with Gasteiger partial charge < -0.3 is 4.57 Å². The highest BCUT2D eigenvalue weighted by atomic mass is 16.1. The molecule has 4 aromatic rings. The normalized spacial score (nSPS) is 11.2. The Morgan fingerprint density at radius 1 is 0.750 bits per heavy atom. The predicted molar refractivity (Wildman–Crippen MR) is 101 cm³/mol. The van der Waals surface area contributed by atoms with Crippen LogP contribution in [-0.4, -0.2) is 4.57 Å². The summed E-state index contributed by atoms with van der Waals surface area (Å²) < 4.78 is 1.89. The number of hydrogen-bond donors (Lipinski definition) is 0. The Balaban J connectivity index is 2.10. The number of aromatic nitrogens is 1. The van der Waals surface area contributed by atoms with Crippen molar-refractivity contribution in [2.75, 3.05) is 0 Å². The third kappa shape index (κ3) is 2.41. The van der Waals surface area contributed by atoms with Crippen molar-refractivity contribution in [1.82, 2.24) is 4.57 Å². The molecule has 2 nitrogen and oxygen atoms in total. The maximum Gasteiger partial charge on any atom is 0.259 e. The van der Waals surface area contributed by atoms with Gasteiger partial charge in [-0.3, -0.25) is 4.79 Å². The van der Waals surface area contributed by atoms with Crippen LogP contribution >= 0.6 is 0 Å². The van der Waals surface area contributed by atoms with E-state index in [0.717, 1.165) is 27.2 Å². The third-order valence-corrected chi connectivity index (χ3v) is 4.57. The lowest BCUT2D eigenvalue weighted by Gasteiger charge is -2.14. The molecular formula is C22H19NO. The van der Waals surface area contributed by atoms with Gasteiger partial charge in [0.15, 0.2) is 0 Å². The summed E-state index contributed by atoms with van der Waals surface area (Å²) in [7, 11) is 0. The van der Waals surface area contributed by atoms with Crippen molar-refractivity contribution in [1.29, 1.82) is 0 Å². The fraction of sp³-hybridized carbons (Fsp3) is 0.136. The highest BCUT2D eigenvalue weighted by molar-refractivity contribution is 6.06. The van der Waals surface area contributed by atoms with Crippen molar-refractivity contribution in [3.05, 3.63) is 93.8 Å². The Morgan fingerprint density at radius 2 is 1.42 bits per heavy atom. The van der Waals surface area contributed by atoms with Gasteiger partial charge in [0.05, 0.1) is 12.1 Å². The number of nitrogens with zero attached hydrogens (tertiary/aromatic N) is 1. The summed E-state index contributed by atoms with van der Waals surface area (Å²) in [5.41, 5.74) is 4.58. The van der Waals surface area contributed by atoms with Crippen LogP contribution in [0.3, 0.4) is 0 Å². The summed E-state index contributed by atoms with van der Waals surface area (Å²) in [5.74, 6) is 0. The van der Waals surface area contributed by atoms with Gasteiger partial charge in [0.2, 0.25) is 0 Å². The van der Waals surface area contributed by atoms with Crippen molar-refractivity contribution in [2.45, 2.75) is 20.4 Å². The van der Waals surface area contributed by atoms with E-state index in [1.54, 1.807) is 0 Å². The fourth-order valence-electron chi connectivity index (χ4n) is 3.35. The molecule has 0 unspecified atom stereocenters. The maximum atomic E-state index is 13.1. The first kappa shape index (κ1) is 14.7. The zero-order chi connectivity index (χ0) is 16.7. The van der Waals surface area contributed by atoms with Gasteiger partial charge in [0.25, 0.3) is 5.56 Å². The largest absolute Gasteiger partial charge is 0.303 e. The molecule has 0 amide bonds. The molecular weight excluding hydrogens is 294 g/mol. The molecule has 1 heterocycles. The van der Waals surface area contributed by atoms with Crippen LogP contribution < -0.4 is 5.56 Å². The zero-order valence-electron chi connectivity index (χ0n) is 13.9. The molecule has 0 radical (unpaired) electrons. The monoisotopic (exact) mass is 313 g/mol. The van der Waals surface area contributed by atoms with Crippen molar-refractivity contribution < 1.29 is 0 Å². The van der Waals surface area contributed by atoms with E-state index in [4.69, 9.17) is 0 Å². The van der Waals surface area contributed by atoms with Gasteiger partial charge >= 0.3 is 0 Å². The van der Waals surface area contributed by atoms with Crippen LogP contribution in [0.2, 0.25) is 0 Å². The number of aryl methyl sites for hydroxylation is 2. The molecule has 0 bridgehead atoms.